The molecule has 4 nitrogen and oxygen atoms in total. The van der Waals surface area contributed by atoms with Crippen LogP contribution in [0.15, 0.2) is 18.2 Å². The van der Waals surface area contributed by atoms with Crippen LogP contribution in [0.3, 0.4) is 0 Å². The summed E-state index contributed by atoms with van der Waals surface area (Å²) in [6.45, 7) is 5.58. The number of rotatable bonds is 3. The molecule has 0 radical (unpaired) electrons. The van der Waals surface area contributed by atoms with Gasteiger partial charge in [-0.25, -0.2) is 9.18 Å². The van der Waals surface area contributed by atoms with E-state index in [9.17, 15) is 19.1 Å². The molecule has 1 aliphatic rings. The number of hydrogen-bond acceptors (Lipinski definition) is 3. The van der Waals surface area contributed by atoms with Crippen LogP contribution in [0.1, 0.15) is 29.8 Å². The van der Waals surface area contributed by atoms with Crippen LogP contribution >= 0.6 is 11.8 Å². The van der Waals surface area contributed by atoms with Gasteiger partial charge < -0.3 is 10.0 Å². The first-order chi connectivity index (χ1) is 9.82. The molecule has 0 aromatic heterocycles. The van der Waals surface area contributed by atoms with Crippen LogP contribution in [0.5, 0.6) is 0 Å². The molecular formula is C15H18FNO3S. The Morgan fingerprint density at radius 2 is 2.10 bits per heavy atom. The molecule has 1 N–H and O–H groups in total. The second-order valence-electron chi connectivity index (χ2n) is 5.52. The van der Waals surface area contributed by atoms with Crippen LogP contribution in [0.4, 0.5) is 4.39 Å². The molecule has 1 aromatic carbocycles. The van der Waals surface area contributed by atoms with Gasteiger partial charge in [0.15, 0.2) is 0 Å². The lowest BCUT2D eigenvalue weighted by atomic mass is 10.1. The summed E-state index contributed by atoms with van der Waals surface area (Å²) in [4.78, 5) is 25.3. The standard InChI is InChI=1S/C15H18FNO3S/c1-8(2)14-17(12(7-21-14)15(19)20)13(18)10-5-4-9(3)6-11(10)16/h4-6,8,12,14H,7H2,1-3H3,(H,19,20). The average molecular weight is 311 g/mol. The molecule has 1 aromatic rings. The zero-order valence-electron chi connectivity index (χ0n) is 12.2. The van der Waals surface area contributed by atoms with Crippen molar-refractivity contribution in [3.8, 4) is 0 Å². The lowest BCUT2D eigenvalue weighted by Crippen LogP contribution is -2.47. The molecule has 1 heterocycles. The molecule has 21 heavy (non-hydrogen) atoms. The van der Waals surface area contributed by atoms with Gasteiger partial charge in [0.05, 0.1) is 10.9 Å². The van der Waals surface area contributed by atoms with Crippen LogP contribution in [0.25, 0.3) is 0 Å². The number of hydrogen-bond donors (Lipinski definition) is 1. The number of halogens is 1. The van der Waals surface area contributed by atoms with Crippen LogP contribution in [-0.2, 0) is 4.79 Å². The van der Waals surface area contributed by atoms with Crippen LogP contribution in [0.2, 0.25) is 0 Å². The lowest BCUT2D eigenvalue weighted by molar-refractivity contribution is -0.141. The number of aryl methyl sites for hydroxylation is 1. The number of carbonyl (C=O) groups excluding carboxylic acids is 1. The Bertz CT molecular complexity index is 576. The molecule has 1 amide bonds. The van der Waals surface area contributed by atoms with E-state index in [0.717, 1.165) is 5.56 Å². The summed E-state index contributed by atoms with van der Waals surface area (Å²) in [5.41, 5.74) is 0.648. The number of aliphatic carboxylic acids is 1. The SMILES string of the molecule is Cc1ccc(C(=O)N2C(C(=O)O)CSC2C(C)C)c(F)c1. The first-order valence-corrected chi connectivity index (χ1v) is 7.81. The molecule has 0 aliphatic carbocycles. The number of carboxylic acid groups (broad SMARTS) is 1. The Morgan fingerprint density at radius 1 is 1.43 bits per heavy atom. The summed E-state index contributed by atoms with van der Waals surface area (Å²) >= 11 is 1.43. The van der Waals surface area contributed by atoms with Gasteiger partial charge in [-0.05, 0) is 30.5 Å². The fourth-order valence-corrected chi connectivity index (χ4v) is 3.89. The van der Waals surface area contributed by atoms with Gasteiger partial charge in [-0.1, -0.05) is 19.9 Å². The molecule has 2 rings (SSSR count). The molecular weight excluding hydrogens is 293 g/mol. The molecule has 0 saturated carbocycles. The number of benzene rings is 1. The fourth-order valence-electron chi connectivity index (χ4n) is 2.42. The summed E-state index contributed by atoms with van der Waals surface area (Å²) in [6, 6.07) is 3.46. The van der Waals surface area contributed by atoms with Crippen molar-refractivity contribution in [3.05, 3.63) is 35.1 Å². The van der Waals surface area contributed by atoms with Gasteiger partial charge in [-0.2, -0.15) is 0 Å². The maximum absolute atomic E-state index is 14.0. The van der Waals surface area contributed by atoms with Crippen molar-refractivity contribution in [1.29, 1.82) is 0 Å². The van der Waals surface area contributed by atoms with E-state index in [1.54, 1.807) is 13.0 Å². The van der Waals surface area contributed by atoms with Crippen molar-refractivity contribution in [2.45, 2.75) is 32.2 Å². The predicted octanol–water partition coefficient (Wildman–Crippen LogP) is 2.76. The number of nitrogens with zero attached hydrogens (tertiary/aromatic N) is 1. The van der Waals surface area contributed by atoms with E-state index >= 15 is 0 Å². The van der Waals surface area contributed by atoms with Gasteiger partial charge in [-0.3, -0.25) is 4.79 Å². The highest BCUT2D eigenvalue weighted by molar-refractivity contribution is 8.00. The summed E-state index contributed by atoms with van der Waals surface area (Å²) < 4.78 is 14.0. The number of amides is 1. The van der Waals surface area contributed by atoms with E-state index in [1.807, 2.05) is 13.8 Å². The van der Waals surface area contributed by atoms with Crippen LogP contribution < -0.4 is 0 Å². The molecule has 6 heteroatoms. The molecule has 2 atom stereocenters. The van der Waals surface area contributed by atoms with Gasteiger partial charge in [-0.15, -0.1) is 11.8 Å². The van der Waals surface area contributed by atoms with E-state index in [1.165, 1.54) is 28.8 Å². The van der Waals surface area contributed by atoms with Crippen molar-refractivity contribution in [3.63, 3.8) is 0 Å². The van der Waals surface area contributed by atoms with E-state index < -0.39 is 23.7 Å². The smallest absolute Gasteiger partial charge is 0.327 e. The Morgan fingerprint density at radius 3 is 2.62 bits per heavy atom. The van der Waals surface area contributed by atoms with Crippen LogP contribution in [0, 0.1) is 18.7 Å². The van der Waals surface area contributed by atoms with Crippen molar-refractivity contribution in [1.82, 2.24) is 4.90 Å². The monoisotopic (exact) mass is 311 g/mol. The maximum Gasteiger partial charge on any atom is 0.327 e. The van der Waals surface area contributed by atoms with Crippen LogP contribution in [-0.4, -0.2) is 39.1 Å². The highest BCUT2D eigenvalue weighted by Gasteiger charge is 2.43. The normalized spacial score (nSPS) is 21.9. The number of thioether (sulfide) groups is 1. The largest absolute Gasteiger partial charge is 0.480 e. The lowest BCUT2D eigenvalue weighted by Gasteiger charge is -2.29. The molecule has 2 unspecified atom stereocenters. The second kappa shape index (κ2) is 6.05. The third kappa shape index (κ3) is 3.05. The first-order valence-electron chi connectivity index (χ1n) is 6.76. The summed E-state index contributed by atoms with van der Waals surface area (Å²) in [6.07, 6.45) is 0. The second-order valence-corrected chi connectivity index (χ2v) is 6.67. The molecule has 114 valence electrons. The number of carbonyl (C=O) groups is 2. The predicted molar refractivity (Wildman–Crippen MR) is 79.8 cm³/mol. The highest BCUT2D eigenvalue weighted by Crippen LogP contribution is 2.35. The first kappa shape index (κ1) is 15.8. The maximum atomic E-state index is 14.0. The minimum atomic E-state index is -1.05. The summed E-state index contributed by atoms with van der Waals surface area (Å²) in [5.74, 6) is -1.78. The highest BCUT2D eigenvalue weighted by atomic mass is 32.2. The van der Waals surface area contributed by atoms with Crippen molar-refractivity contribution < 1.29 is 19.1 Å². The van der Waals surface area contributed by atoms with Gasteiger partial charge in [0.1, 0.15) is 11.9 Å². The zero-order chi connectivity index (χ0) is 15.7. The molecule has 1 aliphatic heterocycles. The Labute approximate surface area is 127 Å². The van der Waals surface area contributed by atoms with Crippen molar-refractivity contribution >= 4 is 23.6 Å². The van der Waals surface area contributed by atoms with E-state index in [-0.39, 0.29) is 16.9 Å². The van der Waals surface area contributed by atoms with Crippen molar-refractivity contribution in [2.24, 2.45) is 5.92 Å². The van der Waals surface area contributed by atoms with E-state index in [4.69, 9.17) is 0 Å². The third-order valence-corrected chi connectivity index (χ3v) is 5.10. The fraction of sp³-hybridized carbons (Fsp3) is 0.467. The van der Waals surface area contributed by atoms with Crippen molar-refractivity contribution in [2.75, 3.05) is 5.75 Å². The molecule has 1 saturated heterocycles. The van der Waals surface area contributed by atoms with Gasteiger partial charge in [0.25, 0.3) is 5.91 Å². The average Bonchev–Trinajstić information content (AvgIpc) is 2.82. The third-order valence-electron chi connectivity index (χ3n) is 3.48. The topological polar surface area (TPSA) is 57.6 Å². The Balaban J connectivity index is 2.39. The zero-order valence-corrected chi connectivity index (χ0v) is 13.0. The molecule has 0 bridgehead atoms. The van der Waals surface area contributed by atoms with Gasteiger partial charge in [0, 0.05) is 5.75 Å². The van der Waals surface area contributed by atoms with E-state index in [0.29, 0.717) is 5.75 Å². The number of carboxylic acids is 1. The van der Waals surface area contributed by atoms with Gasteiger partial charge >= 0.3 is 5.97 Å². The Hall–Kier alpha value is -1.56. The summed E-state index contributed by atoms with van der Waals surface area (Å²) in [7, 11) is 0. The molecule has 1 fully saturated rings. The summed E-state index contributed by atoms with van der Waals surface area (Å²) in [5, 5.41) is 9.04. The minimum absolute atomic E-state index is 0.0694. The minimum Gasteiger partial charge on any atom is -0.480 e. The quantitative estimate of drug-likeness (QED) is 0.932. The van der Waals surface area contributed by atoms with Gasteiger partial charge in [0.2, 0.25) is 0 Å². The molecule has 0 spiro atoms. The Kier molecular flexibility index (Phi) is 4.56. The van der Waals surface area contributed by atoms with E-state index in [2.05, 4.69) is 0 Å².